The number of hydrogen-bond donors (Lipinski definition) is 1. The Kier molecular flexibility index (Phi) is 4.74. The maximum atomic E-state index is 11.7. The van der Waals surface area contributed by atoms with E-state index in [9.17, 15) is 4.79 Å². The number of aromatic nitrogens is 1. The molecule has 1 aromatic heterocycles. The van der Waals surface area contributed by atoms with Crippen LogP contribution in [0.4, 0.5) is 0 Å². The molecule has 1 N–H and O–H groups in total. The highest BCUT2D eigenvalue weighted by Gasteiger charge is 2.05. The zero-order chi connectivity index (χ0) is 13.7. The van der Waals surface area contributed by atoms with Crippen molar-refractivity contribution >= 4 is 21.8 Å². The molecule has 4 nitrogen and oxygen atoms in total. The fraction of sp³-hybridized carbons (Fsp3) is 0.286. The Labute approximate surface area is 120 Å². The lowest BCUT2D eigenvalue weighted by molar-refractivity contribution is -0.120. The topological polar surface area (TPSA) is 55.1 Å². The van der Waals surface area contributed by atoms with E-state index in [0.29, 0.717) is 25.3 Å². The van der Waals surface area contributed by atoms with Crippen molar-refractivity contribution in [2.45, 2.75) is 19.8 Å². The molecule has 0 bridgehead atoms. The summed E-state index contributed by atoms with van der Waals surface area (Å²) in [5, 5.41) is 2.85. The number of nitrogens with zero attached hydrogens (tertiary/aromatic N) is 1. The predicted octanol–water partition coefficient (Wildman–Crippen LogP) is 2.65. The molecule has 0 fully saturated rings. The molecule has 0 saturated heterocycles. The number of nitrogens with one attached hydrogen (secondary N) is 1. The Morgan fingerprint density at radius 2 is 2.11 bits per heavy atom. The summed E-state index contributed by atoms with van der Waals surface area (Å²) in [5.41, 5.74) is 0.993. The van der Waals surface area contributed by atoms with Gasteiger partial charge in [-0.05, 0) is 24.6 Å². The smallest absolute Gasteiger partial charge is 0.224 e. The van der Waals surface area contributed by atoms with Crippen molar-refractivity contribution in [2.24, 2.45) is 0 Å². The zero-order valence-corrected chi connectivity index (χ0v) is 12.2. The Balaban J connectivity index is 1.74. The summed E-state index contributed by atoms with van der Waals surface area (Å²) in [6.45, 7) is 2.39. The first kappa shape index (κ1) is 13.8. The minimum atomic E-state index is 0.00519. The minimum Gasteiger partial charge on any atom is -0.446 e. The molecule has 0 radical (unpaired) electrons. The third kappa shape index (κ3) is 4.52. The van der Waals surface area contributed by atoms with Gasteiger partial charge in [0.25, 0.3) is 0 Å². The fourth-order valence-corrected chi connectivity index (χ4v) is 1.94. The summed E-state index contributed by atoms with van der Waals surface area (Å²) in [7, 11) is 0. The number of carbonyl (C=O) groups excluding carboxylic acids is 1. The first-order valence-corrected chi connectivity index (χ1v) is 6.85. The molecule has 5 heteroatoms. The van der Waals surface area contributed by atoms with Crippen LogP contribution >= 0.6 is 15.9 Å². The minimum absolute atomic E-state index is 0.00519. The van der Waals surface area contributed by atoms with E-state index in [1.165, 1.54) is 0 Å². The van der Waals surface area contributed by atoms with Gasteiger partial charge in [-0.3, -0.25) is 4.79 Å². The highest BCUT2D eigenvalue weighted by atomic mass is 79.9. The average molecular weight is 323 g/mol. The molecule has 100 valence electrons. The summed E-state index contributed by atoms with van der Waals surface area (Å²) in [4.78, 5) is 15.8. The molecule has 1 heterocycles. The van der Waals surface area contributed by atoms with Gasteiger partial charge in [0.15, 0.2) is 5.89 Å². The van der Waals surface area contributed by atoms with Gasteiger partial charge < -0.3 is 9.73 Å². The normalized spacial score (nSPS) is 10.4. The Morgan fingerprint density at radius 1 is 1.37 bits per heavy atom. The molecule has 2 aromatic rings. The van der Waals surface area contributed by atoms with Crippen LogP contribution in [0.3, 0.4) is 0 Å². The molecule has 0 aliphatic carbocycles. The maximum absolute atomic E-state index is 11.7. The molecule has 19 heavy (non-hydrogen) atoms. The van der Waals surface area contributed by atoms with Crippen molar-refractivity contribution in [1.29, 1.82) is 0 Å². The van der Waals surface area contributed by atoms with Crippen LogP contribution in [0.1, 0.15) is 17.2 Å². The van der Waals surface area contributed by atoms with Gasteiger partial charge in [0.1, 0.15) is 5.76 Å². The molecule has 0 aliphatic heterocycles. The van der Waals surface area contributed by atoms with Gasteiger partial charge >= 0.3 is 0 Å². The number of benzene rings is 1. The van der Waals surface area contributed by atoms with E-state index < -0.39 is 0 Å². The van der Waals surface area contributed by atoms with Crippen molar-refractivity contribution in [1.82, 2.24) is 10.3 Å². The van der Waals surface area contributed by atoms with Gasteiger partial charge in [0, 0.05) is 17.4 Å². The second-order valence-corrected chi connectivity index (χ2v) is 5.18. The van der Waals surface area contributed by atoms with Gasteiger partial charge in [-0.2, -0.15) is 0 Å². The Hall–Kier alpha value is -1.62. The molecule has 0 unspecified atom stereocenters. The predicted molar refractivity (Wildman–Crippen MR) is 75.8 cm³/mol. The third-order valence-corrected chi connectivity index (χ3v) is 3.14. The third-order valence-electron chi connectivity index (χ3n) is 2.61. The lowest BCUT2D eigenvalue weighted by atomic mass is 10.1. The van der Waals surface area contributed by atoms with Crippen LogP contribution in [-0.4, -0.2) is 17.4 Å². The number of halogens is 1. The molecule has 0 spiro atoms. The Morgan fingerprint density at radius 3 is 2.74 bits per heavy atom. The van der Waals surface area contributed by atoms with Crippen LogP contribution in [0.15, 0.2) is 39.4 Å². The molecule has 0 saturated carbocycles. The van der Waals surface area contributed by atoms with Gasteiger partial charge in [-0.1, -0.05) is 28.1 Å². The van der Waals surface area contributed by atoms with Gasteiger partial charge in [0.2, 0.25) is 5.91 Å². The molecule has 1 aromatic carbocycles. The Bertz CT molecular complexity index is 549. The first-order valence-electron chi connectivity index (χ1n) is 6.06. The molecular formula is C14H15BrN2O2. The number of carbonyl (C=O) groups is 1. The number of amides is 1. The summed E-state index contributed by atoms with van der Waals surface area (Å²) in [5.74, 6) is 1.45. The van der Waals surface area contributed by atoms with Crippen molar-refractivity contribution in [2.75, 3.05) is 6.54 Å². The van der Waals surface area contributed by atoms with E-state index in [1.54, 1.807) is 6.20 Å². The van der Waals surface area contributed by atoms with E-state index >= 15 is 0 Å². The monoisotopic (exact) mass is 322 g/mol. The second-order valence-electron chi connectivity index (χ2n) is 4.27. The SMILES string of the molecule is Cc1cnc(CCNC(=O)Cc2ccc(Br)cc2)o1. The van der Waals surface area contributed by atoms with Crippen LogP contribution in [-0.2, 0) is 17.6 Å². The maximum Gasteiger partial charge on any atom is 0.224 e. The molecular weight excluding hydrogens is 308 g/mol. The largest absolute Gasteiger partial charge is 0.446 e. The quantitative estimate of drug-likeness (QED) is 0.920. The van der Waals surface area contributed by atoms with Crippen LogP contribution in [0, 0.1) is 6.92 Å². The van der Waals surface area contributed by atoms with Gasteiger partial charge in [-0.25, -0.2) is 4.98 Å². The fourth-order valence-electron chi connectivity index (χ4n) is 1.68. The number of hydrogen-bond acceptors (Lipinski definition) is 3. The molecule has 1 amide bonds. The van der Waals surface area contributed by atoms with Crippen molar-refractivity contribution in [3.05, 3.63) is 52.1 Å². The average Bonchev–Trinajstić information content (AvgIpc) is 2.78. The van der Waals surface area contributed by atoms with E-state index in [0.717, 1.165) is 15.8 Å². The van der Waals surface area contributed by atoms with Crippen molar-refractivity contribution < 1.29 is 9.21 Å². The van der Waals surface area contributed by atoms with Crippen LogP contribution in [0.25, 0.3) is 0 Å². The summed E-state index contributed by atoms with van der Waals surface area (Å²) in [6, 6.07) is 7.72. The summed E-state index contributed by atoms with van der Waals surface area (Å²) >= 11 is 3.36. The first-order chi connectivity index (χ1) is 9.13. The van der Waals surface area contributed by atoms with E-state index in [4.69, 9.17) is 4.42 Å². The van der Waals surface area contributed by atoms with E-state index in [-0.39, 0.29) is 5.91 Å². The second kappa shape index (κ2) is 6.52. The molecule has 0 atom stereocenters. The van der Waals surface area contributed by atoms with E-state index in [1.807, 2.05) is 31.2 Å². The van der Waals surface area contributed by atoms with E-state index in [2.05, 4.69) is 26.2 Å². The summed E-state index contributed by atoms with van der Waals surface area (Å²) < 4.78 is 6.34. The lowest BCUT2D eigenvalue weighted by Crippen LogP contribution is -2.27. The van der Waals surface area contributed by atoms with Crippen LogP contribution < -0.4 is 5.32 Å². The van der Waals surface area contributed by atoms with Gasteiger partial charge in [0.05, 0.1) is 12.6 Å². The molecule has 0 aliphatic rings. The number of aryl methyl sites for hydroxylation is 1. The highest BCUT2D eigenvalue weighted by molar-refractivity contribution is 9.10. The zero-order valence-electron chi connectivity index (χ0n) is 10.6. The number of rotatable bonds is 5. The summed E-state index contributed by atoms with van der Waals surface area (Å²) in [6.07, 6.45) is 2.68. The van der Waals surface area contributed by atoms with Crippen LogP contribution in [0.5, 0.6) is 0 Å². The lowest BCUT2D eigenvalue weighted by Gasteiger charge is -2.04. The highest BCUT2D eigenvalue weighted by Crippen LogP contribution is 2.10. The van der Waals surface area contributed by atoms with Gasteiger partial charge in [-0.15, -0.1) is 0 Å². The standard InChI is InChI=1S/C14H15BrN2O2/c1-10-9-17-14(19-10)6-7-16-13(18)8-11-2-4-12(15)5-3-11/h2-5,9H,6-8H2,1H3,(H,16,18). The van der Waals surface area contributed by atoms with Crippen LogP contribution in [0.2, 0.25) is 0 Å². The number of oxazole rings is 1. The molecule has 2 rings (SSSR count). The van der Waals surface area contributed by atoms with Crippen molar-refractivity contribution in [3.8, 4) is 0 Å². The van der Waals surface area contributed by atoms with Crippen molar-refractivity contribution in [3.63, 3.8) is 0 Å².